The van der Waals surface area contributed by atoms with Crippen molar-refractivity contribution in [3.05, 3.63) is 52.4 Å². The molecule has 13 heteroatoms. The van der Waals surface area contributed by atoms with Crippen LogP contribution in [0.3, 0.4) is 0 Å². The fourth-order valence-corrected chi connectivity index (χ4v) is 6.53. The number of rotatable bonds is 12. The lowest BCUT2D eigenvalue weighted by Gasteiger charge is -2.34. The van der Waals surface area contributed by atoms with Gasteiger partial charge in [0.25, 0.3) is 5.91 Å². The van der Waals surface area contributed by atoms with Crippen molar-refractivity contribution >= 4 is 57.1 Å². The van der Waals surface area contributed by atoms with E-state index in [4.69, 9.17) is 4.74 Å². The fraction of sp³-hybridized carbons (Fsp3) is 0.444. The minimum Gasteiger partial charge on any atom is -0.512 e. The highest BCUT2D eigenvalue weighted by Crippen LogP contribution is 2.45. The third kappa shape index (κ3) is 7.23. The molecule has 3 heterocycles. The lowest BCUT2D eigenvalue weighted by Crippen LogP contribution is -2.49. The van der Waals surface area contributed by atoms with Crippen LogP contribution in [0.1, 0.15) is 91.6 Å². The maximum Gasteiger partial charge on any atom is 0.269 e. The first-order chi connectivity index (χ1) is 23.6. The Kier molecular flexibility index (Phi) is 12.6. The molecule has 0 radical (unpaired) electrons. The van der Waals surface area contributed by atoms with Crippen molar-refractivity contribution in [2.24, 2.45) is 0 Å². The predicted molar refractivity (Wildman–Crippen MR) is 189 cm³/mol. The highest BCUT2D eigenvalue weighted by atomic mass is 16.5. The SMILES string of the molecule is C/C=C\c1c(/C=C(/O)CCC)[nH]c2c1c(C=O)c(C(=O)N(C)NC(CO)CO)c1c3ccc(O)cc3n(C3CC(O)CC(CO)O3)c21.CC. The summed E-state index contributed by atoms with van der Waals surface area (Å²) in [4.78, 5) is 31.0. The molecule has 1 saturated heterocycles. The first-order valence-electron chi connectivity index (χ1n) is 16.7. The number of amides is 1. The molecule has 13 nitrogen and oxygen atoms in total. The first-order valence-corrected chi connectivity index (χ1v) is 16.7. The van der Waals surface area contributed by atoms with E-state index in [0.717, 1.165) is 5.01 Å². The number of phenols is 1. The lowest BCUT2D eigenvalue weighted by molar-refractivity contribution is -0.138. The number of H-pyrrole nitrogens is 1. The topological polar surface area (TPSA) is 201 Å². The number of phenolic OH excluding ortho intramolecular Hbond substituents is 1. The van der Waals surface area contributed by atoms with Crippen LogP contribution in [-0.4, -0.2) is 103 Å². The maximum absolute atomic E-state index is 14.4. The number of hydrogen-bond acceptors (Lipinski definition) is 10. The summed E-state index contributed by atoms with van der Waals surface area (Å²) in [5.41, 5.74) is 5.20. The Hall–Kier alpha value is -4.24. The van der Waals surface area contributed by atoms with Gasteiger partial charge in [-0.25, -0.2) is 5.43 Å². The fourth-order valence-electron chi connectivity index (χ4n) is 6.53. The van der Waals surface area contributed by atoms with Crippen molar-refractivity contribution in [3.63, 3.8) is 0 Å². The molecule has 0 aliphatic carbocycles. The summed E-state index contributed by atoms with van der Waals surface area (Å²) in [6, 6.07) is 3.74. The third-order valence-electron chi connectivity index (χ3n) is 8.54. The molecule has 2 aromatic carbocycles. The van der Waals surface area contributed by atoms with Crippen molar-refractivity contribution in [1.29, 1.82) is 0 Å². The Morgan fingerprint density at radius 1 is 1.16 bits per heavy atom. The van der Waals surface area contributed by atoms with E-state index >= 15 is 0 Å². The van der Waals surface area contributed by atoms with Gasteiger partial charge in [0, 0.05) is 65.4 Å². The number of carbonyl (C=O) groups excluding carboxylic acids is 2. The first kappa shape index (κ1) is 37.6. The van der Waals surface area contributed by atoms with E-state index in [1.165, 1.54) is 19.2 Å². The molecule has 2 aromatic heterocycles. The van der Waals surface area contributed by atoms with Gasteiger partial charge in [0.15, 0.2) is 6.29 Å². The van der Waals surface area contributed by atoms with E-state index in [9.17, 15) is 40.2 Å². The van der Waals surface area contributed by atoms with Crippen LogP contribution in [-0.2, 0) is 4.74 Å². The molecule has 1 amide bonds. The van der Waals surface area contributed by atoms with E-state index in [2.05, 4.69) is 10.4 Å². The van der Waals surface area contributed by atoms with Crippen molar-refractivity contribution in [3.8, 4) is 5.75 Å². The summed E-state index contributed by atoms with van der Waals surface area (Å²) in [7, 11) is 1.42. The number of aldehydes is 1. The van der Waals surface area contributed by atoms with Gasteiger partial charge >= 0.3 is 0 Å². The molecule has 1 aliphatic rings. The average molecular weight is 681 g/mol. The summed E-state index contributed by atoms with van der Waals surface area (Å²) < 4.78 is 8.04. The van der Waals surface area contributed by atoms with Crippen molar-refractivity contribution in [1.82, 2.24) is 20.0 Å². The van der Waals surface area contributed by atoms with Gasteiger partial charge in [0.1, 0.15) is 12.0 Å². The molecule has 3 unspecified atom stereocenters. The second-order valence-electron chi connectivity index (χ2n) is 11.9. The number of hydrogen-bond donors (Lipinski definition) is 8. The number of nitrogens with zero attached hydrogens (tertiary/aromatic N) is 2. The molecule has 0 bridgehead atoms. The number of fused-ring (bicyclic) bond motifs is 5. The quantitative estimate of drug-likeness (QED) is 0.0598. The van der Waals surface area contributed by atoms with Crippen LogP contribution in [0.15, 0.2) is 30.0 Å². The van der Waals surface area contributed by atoms with E-state index in [0.29, 0.717) is 63.1 Å². The molecule has 0 saturated carbocycles. The maximum atomic E-state index is 14.4. The Morgan fingerprint density at radius 3 is 2.49 bits per heavy atom. The largest absolute Gasteiger partial charge is 0.512 e. The highest BCUT2D eigenvalue weighted by Gasteiger charge is 2.35. The predicted octanol–water partition coefficient (Wildman–Crippen LogP) is 4.51. The summed E-state index contributed by atoms with van der Waals surface area (Å²) in [6.07, 6.45) is 4.83. The number of aromatic nitrogens is 2. The van der Waals surface area contributed by atoms with Crippen molar-refractivity contribution in [2.75, 3.05) is 26.9 Å². The zero-order chi connectivity index (χ0) is 36.0. The number of ether oxygens (including phenoxy) is 1. The van der Waals surface area contributed by atoms with Crippen LogP contribution in [0.5, 0.6) is 5.75 Å². The number of allylic oxidation sites excluding steroid dienone is 2. The Morgan fingerprint density at radius 2 is 1.88 bits per heavy atom. The number of benzene rings is 2. The van der Waals surface area contributed by atoms with Crippen LogP contribution < -0.4 is 5.43 Å². The zero-order valence-corrected chi connectivity index (χ0v) is 28.6. The minimum absolute atomic E-state index is 0.00898. The van der Waals surface area contributed by atoms with Gasteiger partial charge in [0.05, 0.1) is 65.9 Å². The van der Waals surface area contributed by atoms with Crippen LogP contribution in [0.25, 0.3) is 44.9 Å². The number of hydrazine groups is 1. The van der Waals surface area contributed by atoms with E-state index in [1.807, 2.05) is 20.8 Å². The Bertz CT molecular complexity index is 1850. The van der Waals surface area contributed by atoms with E-state index < -0.39 is 43.6 Å². The molecule has 0 spiro atoms. The average Bonchev–Trinajstić information content (AvgIpc) is 3.61. The summed E-state index contributed by atoms with van der Waals surface area (Å²) in [6.45, 7) is 6.47. The van der Waals surface area contributed by atoms with Gasteiger partial charge in [-0.15, -0.1) is 0 Å². The molecule has 1 aliphatic heterocycles. The standard InChI is InChI=1S/C34H42N4O9.C2H6/c1-4-6-19(43)11-26-23(7-5-2)29-25(17-42)31(34(46)37(3)36-18(14-39)15-40)30-24-9-8-20(44)12-27(24)38(33(30)32(29)35-26)28-13-21(45)10-22(16-41)47-28;1-2/h5,7-9,11-12,17-18,21-22,28,35-36,39-41,43-45H,4,6,10,13-16H2,1-3H3;1-2H3/b7-5-,19-11+;. The molecule has 8 N–H and O–H groups in total. The third-order valence-corrected chi connectivity index (χ3v) is 8.54. The van der Waals surface area contributed by atoms with Crippen LogP contribution in [0.2, 0.25) is 0 Å². The molecular weight excluding hydrogens is 632 g/mol. The van der Waals surface area contributed by atoms with Gasteiger partial charge < -0.3 is 44.9 Å². The summed E-state index contributed by atoms with van der Waals surface area (Å²) in [5, 5.41) is 63.9. The van der Waals surface area contributed by atoms with Gasteiger partial charge in [-0.05, 0) is 31.6 Å². The smallest absolute Gasteiger partial charge is 0.269 e. The van der Waals surface area contributed by atoms with Crippen LogP contribution >= 0.6 is 0 Å². The monoisotopic (exact) mass is 680 g/mol. The van der Waals surface area contributed by atoms with Crippen LogP contribution in [0, 0.1) is 0 Å². The lowest BCUT2D eigenvalue weighted by atomic mass is 9.94. The summed E-state index contributed by atoms with van der Waals surface area (Å²) in [5.74, 6) is -0.601. The zero-order valence-electron chi connectivity index (χ0n) is 28.6. The normalized spacial score (nSPS) is 18.5. The Labute approximate surface area is 284 Å². The Balaban J connectivity index is 0.00000265. The second-order valence-corrected chi connectivity index (χ2v) is 11.9. The molecule has 3 atom stereocenters. The second kappa shape index (κ2) is 16.4. The molecule has 4 aromatic rings. The molecule has 1 fully saturated rings. The molecule has 5 rings (SSSR count). The van der Waals surface area contributed by atoms with Crippen molar-refractivity contribution in [2.45, 2.75) is 77.9 Å². The van der Waals surface area contributed by atoms with Gasteiger partial charge in [0.2, 0.25) is 0 Å². The van der Waals surface area contributed by atoms with Gasteiger partial charge in [-0.2, -0.15) is 0 Å². The van der Waals surface area contributed by atoms with E-state index in [-0.39, 0.29) is 42.1 Å². The van der Waals surface area contributed by atoms with Crippen molar-refractivity contribution < 1.29 is 45.0 Å². The number of carbonyl (C=O) groups is 2. The number of aromatic amines is 1. The summed E-state index contributed by atoms with van der Waals surface area (Å²) >= 11 is 0. The number of nitrogens with one attached hydrogen (secondary N) is 2. The number of aliphatic hydroxyl groups is 5. The number of aromatic hydroxyl groups is 1. The minimum atomic E-state index is -0.863. The highest BCUT2D eigenvalue weighted by molar-refractivity contribution is 6.30. The number of aliphatic hydroxyl groups excluding tert-OH is 5. The van der Waals surface area contributed by atoms with E-state index in [1.54, 1.807) is 35.8 Å². The van der Waals surface area contributed by atoms with Gasteiger partial charge in [-0.1, -0.05) is 32.9 Å². The molecular formula is C36H48N4O9. The molecule has 266 valence electrons. The van der Waals surface area contributed by atoms with Crippen LogP contribution in [0.4, 0.5) is 0 Å². The van der Waals surface area contributed by atoms with Gasteiger partial charge in [-0.3, -0.25) is 14.6 Å². The molecule has 49 heavy (non-hydrogen) atoms.